The van der Waals surface area contributed by atoms with Crippen LogP contribution in [0.4, 0.5) is 0 Å². The van der Waals surface area contributed by atoms with Crippen molar-refractivity contribution in [3.8, 4) is 16.2 Å². The molecule has 0 atom stereocenters. The highest BCUT2D eigenvalue weighted by Crippen LogP contribution is 2.31. The Labute approximate surface area is 171 Å². The first-order chi connectivity index (χ1) is 14.2. The van der Waals surface area contributed by atoms with Gasteiger partial charge < -0.3 is 4.74 Å². The summed E-state index contributed by atoms with van der Waals surface area (Å²) in [5, 5.41) is 2.33. The summed E-state index contributed by atoms with van der Waals surface area (Å²) in [5.74, 6) is 0.811. The van der Waals surface area contributed by atoms with Crippen molar-refractivity contribution >= 4 is 32.3 Å². The molecule has 0 radical (unpaired) electrons. The van der Waals surface area contributed by atoms with Crippen LogP contribution in [-0.4, -0.2) is 16.7 Å². The highest BCUT2D eigenvalue weighted by Gasteiger charge is 2.12. The third-order valence-electron chi connectivity index (χ3n) is 5.10. The van der Waals surface area contributed by atoms with Gasteiger partial charge in [0.25, 0.3) is 5.56 Å². The average molecular weight is 398 g/mol. The quantitative estimate of drug-likeness (QED) is 0.411. The summed E-state index contributed by atoms with van der Waals surface area (Å²) < 4.78 is 7.60. The van der Waals surface area contributed by atoms with E-state index in [-0.39, 0.29) is 5.56 Å². The van der Waals surface area contributed by atoms with E-state index in [1.54, 1.807) is 18.0 Å². The van der Waals surface area contributed by atoms with Gasteiger partial charge in [0.05, 0.1) is 25.5 Å². The molecule has 5 rings (SSSR count). The zero-order valence-corrected chi connectivity index (χ0v) is 16.6. The largest absolute Gasteiger partial charge is 0.497 e. The predicted octanol–water partition coefficient (Wildman–Crippen LogP) is 5.34. The van der Waals surface area contributed by atoms with Crippen LogP contribution in [0.2, 0.25) is 0 Å². The Morgan fingerprint density at radius 3 is 2.62 bits per heavy atom. The number of ether oxygens (including phenoxy) is 1. The lowest BCUT2D eigenvalue weighted by atomic mass is 10.0. The maximum atomic E-state index is 13.1. The molecular weight excluding hydrogens is 380 g/mol. The number of hydrogen-bond donors (Lipinski definition) is 0. The Hall–Kier alpha value is -3.44. The number of thiophene rings is 1. The molecule has 0 spiro atoms. The van der Waals surface area contributed by atoms with E-state index in [1.165, 1.54) is 16.7 Å². The van der Waals surface area contributed by atoms with Gasteiger partial charge in [-0.2, -0.15) is 0 Å². The van der Waals surface area contributed by atoms with Crippen molar-refractivity contribution in [1.82, 2.24) is 9.55 Å². The third-order valence-corrected chi connectivity index (χ3v) is 6.26. The molecule has 0 N–H and O–H groups in total. The van der Waals surface area contributed by atoms with Gasteiger partial charge in [-0.1, -0.05) is 42.5 Å². The normalized spacial score (nSPS) is 11.2. The van der Waals surface area contributed by atoms with E-state index in [0.29, 0.717) is 11.2 Å². The van der Waals surface area contributed by atoms with Crippen LogP contribution in [0, 0.1) is 0 Å². The molecule has 2 heterocycles. The van der Waals surface area contributed by atoms with Crippen LogP contribution in [0.5, 0.6) is 5.75 Å². The molecule has 0 saturated heterocycles. The van der Waals surface area contributed by atoms with E-state index in [0.717, 1.165) is 32.7 Å². The average Bonchev–Trinajstić information content (AvgIpc) is 3.21. The first kappa shape index (κ1) is 17.6. The summed E-state index contributed by atoms with van der Waals surface area (Å²) in [6, 6.07) is 24.2. The van der Waals surface area contributed by atoms with Crippen molar-refractivity contribution in [1.29, 1.82) is 0 Å². The summed E-state index contributed by atoms with van der Waals surface area (Å²) in [6.07, 6.45) is 1.65. The zero-order valence-electron chi connectivity index (χ0n) is 15.8. The van der Waals surface area contributed by atoms with Crippen LogP contribution in [-0.2, 0) is 6.54 Å². The van der Waals surface area contributed by atoms with Crippen molar-refractivity contribution in [3.05, 3.63) is 95.0 Å². The number of hydrogen-bond acceptors (Lipinski definition) is 4. The minimum absolute atomic E-state index is 0.00676. The number of aromatic nitrogens is 2. The molecule has 2 aromatic heterocycles. The van der Waals surface area contributed by atoms with Gasteiger partial charge in [-0.15, -0.1) is 11.3 Å². The van der Waals surface area contributed by atoms with E-state index >= 15 is 0 Å². The fourth-order valence-electron chi connectivity index (χ4n) is 3.57. The molecule has 29 heavy (non-hydrogen) atoms. The highest BCUT2D eigenvalue weighted by molar-refractivity contribution is 7.22. The minimum atomic E-state index is -0.00676. The molecule has 0 bridgehead atoms. The van der Waals surface area contributed by atoms with E-state index in [9.17, 15) is 4.79 Å². The minimum Gasteiger partial charge on any atom is -0.497 e. The molecule has 5 aromatic rings. The lowest BCUT2D eigenvalue weighted by molar-refractivity contribution is 0.415. The summed E-state index contributed by atoms with van der Waals surface area (Å²) in [6.45, 7) is 0.499. The Morgan fingerprint density at radius 2 is 1.79 bits per heavy atom. The standard InChI is InChI=1S/C24H18N2O2S/c1-28-19-11-9-17(10-12-19)22-13-21-23(29-22)24(27)26(15-25-21)14-18-7-4-6-16-5-2-3-8-20(16)18/h2-13,15H,14H2,1H3. The molecule has 0 saturated carbocycles. The van der Waals surface area contributed by atoms with Crippen molar-refractivity contribution in [2.75, 3.05) is 7.11 Å². The van der Waals surface area contributed by atoms with E-state index in [4.69, 9.17) is 4.74 Å². The summed E-state index contributed by atoms with van der Waals surface area (Å²) in [5.41, 5.74) is 2.89. The van der Waals surface area contributed by atoms with Gasteiger partial charge in [0.15, 0.2) is 0 Å². The molecule has 0 fully saturated rings. The molecule has 142 valence electrons. The molecule has 4 nitrogen and oxygen atoms in total. The second kappa shape index (κ2) is 7.18. The van der Waals surface area contributed by atoms with Crippen LogP contribution in [0.3, 0.4) is 0 Å². The Kier molecular flexibility index (Phi) is 4.37. The SMILES string of the molecule is COc1ccc(-c2cc3ncn(Cc4cccc5ccccc45)c(=O)c3s2)cc1. The Balaban J connectivity index is 1.55. The second-order valence-corrected chi connectivity index (χ2v) is 7.92. The van der Waals surface area contributed by atoms with Gasteiger partial charge in [-0.05, 0) is 52.2 Å². The number of benzene rings is 3. The number of fused-ring (bicyclic) bond motifs is 2. The van der Waals surface area contributed by atoms with Gasteiger partial charge in [0, 0.05) is 4.88 Å². The van der Waals surface area contributed by atoms with Crippen LogP contribution in [0.25, 0.3) is 31.4 Å². The van der Waals surface area contributed by atoms with E-state index in [1.807, 2.05) is 48.5 Å². The summed E-state index contributed by atoms with van der Waals surface area (Å²) >= 11 is 1.48. The van der Waals surface area contributed by atoms with Gasteiger partial charge in [-0.3, -0.25) is 9.36 Å². The smallest absolute Gasteiger partial charge is 0.271 e. The molecule has 5 heteroatoms. The lowest BCUT2D eigenvalue weighted by Crippen LogP contribution is -2.20. The van der Waals surface area contributed by atoms with Crippen LogP contribution in [0.15, 0.2) is 83.9 Å². The first-order valence-corrected chi connectivity index (χ1v) is 10.1. The molecule has 0 amide bonds. The molecule has 0 aliphatic rings. The first-order valence-electron chi connectivity index (χ1n) is 9.33. The van der Waals surface area contributed by atoms with Crippen molar-refractivity contribution < 1.29 is 4.74 Å². The second-order valence-electron chi connectivity index (χ2n) is 6.87. The van der Waals surface area contributed by atoms with Crippen LogP contribution >= 0.6 is 11.3 Å². The zero-order chi connectivity index (χ0) is 19.8. The fourth-order valence-corrected chi connectivity index (χ4v) is 4.63. The Bertz CT molecular complexity index is 1380. The van der Waals surface area contributed by atoms with Crippen molar-refractivity contribution in [3.63, 3.8) is 0 Å². The lowest BCUT2D eigenvalue weighted by Gasteiger charge is -2.08. The molecule has 3 aromatic carbocycles. The summed E-state index contributed by atoms with van der Waals surface area (Å²) in [4.78, 5) is 18.7. The van der Waals surface area contributed by atoms with Crippen molar-refractivity contribution in [2.24, 2.45) is 0 Å². The Morgan fingerprint density at radius 1 is 1.00 bits per heavy atom. The fraction of sp³-hybridized carbons (Fsp3) is 0.0833. The molecular formula is C24H18N2O2S. The van der Waals surface area contributed by atoms with Gasteiger partial charge in [-0.25, -0.2) is 4.98 Å². The monoisotopic (exact) mass is 398 g/mol. The van der Waals surface area contributed by atoms with Crippen LogP contribution in [0.1, 0.15) is 5.56 Å². The topological polar surface area (TPSA) is 44.1 Å². The highest BCUT2D eigenvalue weighted by atomic mass is 32.1. The van der Waals surface area contributed by atoms with E-state index < -0.39 is 0 Å². The molecule has 0 aliphatic heterocycles. The number of nitrogens with zero attached hydrogens (tertiary/aromatic N) is 2. The van der Waals surface area contributed by atoms with Gasteiger partial charge in [0.1, 0.15) is 10.4 Å². The molecule has 0 aliphatic carbocycles. The predicted molar refractivity (Wildman–Crippen MR) is 119 cm³/mol. The van der Waals surface area contributed by atoms with Crippen molar-refractivity contribution in [2.45, 2.75) is 6.54 Å². The summed E-state index contributed by atoms with van der Waals surface area (Å²) in [7, 11) is 1.65. The number of rotatable bonds is 4. The maximum Gasteiger partial charge on any atom is 0.271 e. The molecule has 0 unspecified atom stereocenters. The van der Waals surface area contributed by atoms with Crippen LogP contribution < -0.4 is 10.3 Å². The van der Waals surface area contributed by atoms with E-state index in [2.05, 4.69) is 29.2 Å². The maximum absolute atomic E-state index is 13.1. The van der Waals surface area contributed by atoms with Gasteiger partial charge >= 0.3 is 0 Å². The number of methoxy groups -OCH3 is 1. The third kappa shape index (κ3) is 3.19. The van der Waals surface area contributed by atoms with Gasteiger partial charge in [0.2, 0.25) is 0 Å².